The molecule has 0 amide bonds. The lowest BCUT2D eigenvalue weighted by Crippen LogP contribution is -2.42. The van der Waals surface area contributed by atoms with Crippen LogP contribution in [0.3, 0.4) is 0 Å². The van der Waals surface area contributed by atoms with Gasteiger partial charge in [-0.15, -0.1) is 0 Å². The first-order chi connectivity index (χ1) is 8.79. The molecule has 1 aromatic heterocycles. The molecule has 2 atom stereocenters. The van der Waals surface area contributed by atoms with Crippen molar-refractivity contribution in [1.82, 2.24) is 9.88 Å². The lowest BCUT2D eigenvalue weighted by Gasteiger charge is -2.27. The highest BCUT2D eigenvalue weighted by Gasteiger charge is 2.24. The maximum Gasteiger partial charge on any atom is 0.0510 e. The molecule has 1 fully saturated rings. The second-order valence-corrected chi connectivity index (χ2v) is 4.97. The molecular weight excluding hydrogens is 226 g/mol. The standard InChI is InChI=1S/C14H23N3O/c1-2-17(9-12-3-6-16-7-4-12)10-14(15)13-5-8-18-11-13/h3-4,6-7,13-14H,2,5,8-11,15H2,1H3. The van der Waals surface area contributed by atoms with Crippen LogP contribution in [0.5, 0.6) is 0 Å². The Bertz CT molecular complexity index is 338. The molecular formula is C14H23N3O. The molecule has 2 heterocycles. The Morgan fingerprint density at radius 2 is 2.28 bits per heavy atom. The van der Waals surface area contributed by atoms with Gasteiger partial charge in [0.05, 0.1) is 6.61 Å². The molecule has 100 valence electrons. The molecule has 0 aromatic carbocycles. The highest BCUT2D eigenvalue weighted by Crippen LogP contribution is 2.16. The average Bonchev–Trinajstić information content (AvgIpc) is 2.93. The zero-order valence-electron chi connectivity index (χ0n) is 11.1. The van der Waals surface area contributed by atoms with E-state index < -0.39 is 0 Å². The van der Waals surface area contributed by atoms with Gasteiger partial charge in [0, 0.05) is 44.0 Å². The lowest BCUT2D eigenvalue weighted by molar-refractivity contribution is 0.170. The average molecular weight is 249 g/mol. The molecule has 18 heavy (non-hydrogen) atoms. The van der Waals surface area contributed by atoms with Gasteiger partial charge in [-0.1, -0.05) is 6.92 Å². The number of likely N-dealkylation sites (N-methyl/N-ethyl adjacent to an activating group) is 1. The molecule has 1 aromatic rings. The molecule has 1 saturated heterocycles. The molecule has 0 spiro atoms. The summed E-state index contributed by atoms with van der Waals surface area (Å²) in [6.45, 7) is 6.78. The molecule has 0 bridgehead atoms. The number of hydrogen-bond acceptors (Lipinski definition) is 4. The van der Waals surface area contributed by atoms with Crippen molar-refractivity contribution >= 4 is 0 Å². The van der Waals surface area contributed by atoms with Crippen LogP contribution in [0.2, 0.25) is 0 Å². The predicted octanol–water partition coefficient (Wildman–Crippen LogP) is 1.27. The van der Waals surface area contributed by atoms with Gasteiger partial charge in [0.2, 0.25) is 0 Å². The van der Waals surface area contributed by atoms with Gasteiger partial charge in [-0.2, -0.15) is 0 Å². The highest BCUT2D eigenvalue weighted by molar-refractivity contribution is 5.09. The van der Waals surface area contributed by atoms with Crippen molar-refractivity contribution in [3.63, 3.8) is 0 Å². The van der Waals surface area contributed by atoms with Crippen molar-refractivity contribution in [2.24, 2.45) is 11.7 Å². The number of nitrogens with two attached hydrogens (primary N) is 1. The summed E-state index contributed by atoms with van der Waals surface area (Å²) in [5, 5.41) is 0. The van der Waals surface area contributed by atoms with E-state index in [-0.39, 0.29) is 6.04 Å². The number of ether oxygens (including phenoxy) is 1. The van der Waals surface area contributed by atoms with Gasteiger partial charge in [0.1, 0.15) is 0 Å². The summed E-state index contributed by atoms with van der Waals surface area (Å²) in [4.78, 5) is 6.43. The largest absolute Gasteiger partial charge is 0.381 e. The van der Waals surface area contributed by atoms with E-state index in [2.05, 4.69) is 28.9 Å². The van der Waals surface area contributed by atoms with Gasteiger partial charge in [-0.05, 0) is 30.7 Å². The predicted molar refractivity (Wildman–Crippen MR) is 72.1 cm³/mol. The number of pyridine rings is 1. The Morgan fingerprint density at radius 1 is 1.50 bits per heavy atom. The first-order valence-electron chi connectivity index (χ1n) is 6.74. The van der Waals surface area contributed by atoms with Crippen LogP contribution in [0.15, 0.2) is 24.5 Å². The van der Waals surface area contributed by atoms with E-state index in [1.54, 1.807) is 0 Å². The molecule has 2 rings (SSSR count). The van der Waals surface area contributed by atoms with Gasteiger partial charge in [-0.3, -0.25) is 9.88 Å². The zero-order valence-corrected chi connectivity index (χ0v) is 11.1. The van der Waals surface area contributed by atoms with Crippen LogP contribution in [-0.2, 0) is 11.3 Å². The topological polar surface area (TPSA) is 51.4 Å². The van der Waals surface area contributed by atoms with Gasteiger partial charge >= 0.3 is 0 Å². The van der Waals surface area contributed by atoms with Crippen molar-refractivity contribution in [1.29, 1.82) is 0 Å². The maximum absolute atomic E-state index is 6.28. The summed E-state index contributed by atoms with van der Waals surface area (Å²) in [6, 6.07) is 4.34. The first-order valence-corrected chi connectivity index (χ1v) is 6.74. The monoisotopic (exact) mass is 249 g/mol. The SMILES string of the molecule is CCN(Cc1ccncc1)CC(N)C1CCOC1. The minimum Gasteiger partial charge on any atom is -0.381 e. The minimum absolute atomic E-state index is 0.217. The Balaban J connectivity index is 1.85. The molecule has 0 aliphatic carbocycles. The summed E-state index contributed by atoms with van der Waals surface area (Å²) in [5.41, 5.74) is 7.57. The summed E-state index contributed by atoms with van der Waals surface area (Å²) in [7, 11) is 0. The van der Waals surface area contributed by atoms with Crippen LogP contribution < -0.4 is 5.73 Å². The smallest absolute Gasteiger partial charge is 0.0510 e. The third-order valence-electron chi connectivity index (χ3n) is 3.64. The van der Waals surface area contributed by atoms with Crippen LogP contribution in [0.4, 0.5) is 0 Å². The van der Waals surface area contributed by atoms with E-state index in [0.29, 0.717) is 5.92 Å². The summed E-state index contributed by atoms with van der Waals surface area (Å²) >= 11 is 0. The second kappa shape index (κ2) is 6.83. The molecule has 0 radical (unpaired) electrons. The van der Waals surface area contributed by atoms with Gasteiger partial charge in [-0.25, -0.2) is 0 Å². The zero-order chi connectivity index (χ0) is 12.8. The minimum atomic E-state index is 0.217. The molecule has 1 aliphatic heterocycles. The molecule has 4 heteroatoms. The fourth-order valence-electron chi connectivity index (χ4n) is 2.39. The Morgan fingerprint density at radius 3 is 2.89 bits per heavy atom. The third kappa shape index (κ3) is 3.77. The van der Waals surface area contributed by atoms with Crippen LogP contribution in [0.1, 0.15) is 18.9 Å². The molecule has 0 saturated carbocycles. The quantitative estimate of drug-likeness (QED) is 0.825. The fourth-order valence-corrected chi connectivity index (χ4v) is 2.39. The number of hydrogen-bond donors (Lipinski definition) is 1. The van der Waals surface area contributed by atoms with Gasteiger partial charge in [0.15, 0.2) is 0 Å². The maximum atomic E-state index is 6.28. The summed E-state index contributed by atoms with van der Waals surface area (Å²) in [6.07, 6.45) is 4.79. The molecule has 2 N–H and O–H groups in total. The third-order valence-corrected chi connectivity index (χ3v) is 3.64. The molecule has 1 aliphatic rings. The van der Waals surface area contributed by atoms with Crippen LogP contribution in [0.25, 0.3) is 0 Å². The van der Waals surface area contributed by atoms with E-state index in [0.717, 1.165) is 39.3 Å². The van der Waals surface area contributed by atoms with E-state index in [4.69, 9.17) is 10.5 Å². The van der Waals surface area contributed by atoms with Gasteiger partial charge < -0.3 is 10.5 Å². The van der Waals surface area contributed by atoms with Crippen molar-refractivity contribution < 1.29 is 4.74 Å². The van der Waals surface area contributed by atoms with Crippen molar-refractivity contribution in [3.8, 4) is 0 Å². The number of rotatable bonds is 6. The second-order valence-electron chi connectivity index (χ2n) is 4.97. The van der Waals surface area contributed by atoms with Crippen LogP contribution in [0, 0.1) is 5.92 Å². The van der Waals surface area contributed by atoms with Gasteiger partial charge in [0.25, 0.3) is 0 Å². The Labute approximate surface area is 109 Å². The summed E-state index contributed by atoms with van der Waals surface area (Å²) < 4.78 is 5.40. The molecule has 4 nitrogen and oxygen atoms in total. The number of nitrogens with zero attached hydrogens (tertiary/aromatic N) is 2. The van der Waals surface area contributed by atoms with E-state index in [1.807, 2.05) is 12.4 Å². The van der Waals surface area contributed by atoms with Crippen LogP contribution >= 0.6 is 0 Å². The van der Waals surface area contributed by atoms with E-state index in [1.165, 1.54) is 5.56 Å². The fraction of sp³-hybridized carbons (Fsp3) is 0.643. The molecule has 2 unspecified atom stereocenters. The Hall–Kier alpha value is -0.970. The van der Waals surface area contributed by atoms with Crippen molar-refractivity contribution in [2.45, 2.75) is 25.9 Å². The highest BCUT2D eigenvalue weighted by atomic mass is 16.5. The number of aromatic nitrogens is 1. The van der Waals surface area contributed by atoms with Crippen LogP contribution in [-0.4, -0.2) is 42.2 Å². The van der Waals surface area contributed by atoms with E-state index in [9.17, 15) is 0 Å². The Kier molecular flexibility index (Phi) is 5.11. The first kappa shape index (κ1) is 13.5. The lowest BCUT2D eigenvalue weighted by atomic mass is 9.99. The van der Waals surface area contributed by atoms with Crippen molar-refractivity contribution in [3.05, 3.63) is 30.1 Å². The summed E-state index contributed by atoms with van der Waals surface area (Å²) in [5.74, 6) is 0.525. The van der Waals surface area contributed by atoms with E-state index >= 15 is 0 Å². The normalized spacial score (nSPS) is 21.4. The van der Waals surface area contributed by atoms with Crippen molar-refractivity contribution in [2.75, 3.05) is 26.3 Å².